The minimum atomic E-state index is -3.76. The number of para-hydroxylation sites is 1. The number of nitrogens with one attached hydrogen (secondary N) is 2. The Morgan fingerprint density at radius 1 is 0.909 bits per heavy atom. The molecule has 1 saturated heterocycles. The van der Waals surface area contributed by atoms with Gasteiger partial charge in [0.15, 0.2) is 0 Å². The maximum absolute atomic E-state index is 12.8. The number of piperidine rings is 1. The van der Waals surface area contributed by atoms with Crippen LogP contribution in [0.25, 0.3) is 0 Å². The molecule has 9 heteroatoms. The molecule has 0 spiro atoms. The number of hydrogen-bond donors (Lipinski definition) is 2. The van der Waals surface area contributed by atoms with Gasteiger partial charge >= 0.3 is 0 Å². The van der Waals surface area contributed by atoms with Crippen LogP contribution in [0.2, 0.25) is 0 Å². The van der Waals surface area contributed by atoms with Gasteiger partial charge in [0, 0.05) is 25.2 Å². The Bertz CT molecular complexity index is 1220. The highest BCUT2D eigenvalue weighted by Crippen LogP contribution is 2.23. The first-order chi connectivity index (χ1) is 15.9. The lowest BCUT2D eigenvalue weighted by Crippen LogP contribution is -2.35. The van der Waals surface area contributed by atoms with Gasteiger partial charge in [-0.1, -0.05) is 30.3 Å². The fraction of sp³-hybridized carbons (Fsp3) is 0.250. The van der Waals surface area contributed by atoms with Gasteiger partial charge in [-0.15, -0.1) is 11.3 Å². The van der Waals surface area contributed by atoms with Crippen LogP contribution < -0.4 is 10.0 Å². The number of likely N-dealkylation sites (tertiary alicyclic amines) is 1. The number of thiophene rings is 1. The highest BCUT2D eigenvalue weighted by molar-refractivity contribution is 7.94. The Kier molecular flexibility index (Phi) is 7.10. The van der Waals surface area contributed by atoms with Crippen molar-refractivity contribution >= 4 is 38.9 Å². The zero-order valence-electron chi connectivity index (χ0n) is 18.0. The van der Waals surface area contributed by atoms with E-state index in [2.05, 4.69) is 10.0 Å². The zero-order chi connectivity index (χ0) is 23.3. The number of rotatable bonds is 7. The number of nitrogens with zero attached hydrogens (tertiary/aromatic N) is 1. The van der Waals surface area contributed by atoms with E-state index in [9.17, 15) is 18.0 Å². The summed E-state index contributed by atoms with van der Waals surface area (Å²) in [6.07, 6.45) is 3.25. The summed E-state index contributed by atoms with van der Waals surface area (Å²) in [5.41, 5.74) is 1.93. The number of anilines is 1. The van der Waals surface area contributed by atoms with Crippen molar-refractivity contribution in [3.05, 3.63) is 82.7 Å². The third-order valence-corrected chi connectivity index (χ3v) is 8.24. The van der Waals surface area contributed by atoms with E-state index in [0.717, 1.165) is 42.8 Å². The summed E-state index contributed by atoms with van der Waals surface area (Å²) in [6, 6.07) is 16.8. The summed E-state index contributed by atoms with van der Waals surface area (Å²) >= 11 is 1.10. The van der Waals surface area contributed by atoms with E-state index in [1.54, 1.807) is 47.8 Å². The normalized spacial score (nSPS) is 14.0. The molecule has 7 nitrogen and oxygen atoms in total. The lowest BCUT2D eigenvalue weighted by atomic mass is 10.1. The van der Waals surface area contributed by atoms with E-state index in [4.69, 9.17) is 0 Å². The molecule has 0 atom stereocenters. The molecule has 3 aromatic rings. The number of sulfonamides is 1. The van der Waals surface area contributed by atoms with Crippen LogP contribution in [0.3, 0.4) is 0 Å². The molecule has 0 unspecified atom stereocenters. The standard InChI is InChI=1S/C24H25N3O4S2/c28-23(20-7-2-3-8-21(20)26-33(30,31)22-9-6-16-32-22)25-17-18-10-12-19(13-11-18)24(29)27-14-4-1-5-15-27/h2-3,6-13,16,26H,1,4-5,14-15,17H2,(H,25,28). The van der Waals surface area contributed by atoms with E-state index in [1.807, 2.05) is 17.0 Å². The molecule has 33 heavy (non-hydrogen) atoms. The molecule has 4 rings (SSSR count). The van der Waals surface area contributed by atoms with Crippen LogP contribution in [0.4, 0.5) is 5.69 Å². The van der Waals surface area contributed by atoms with Crippen LogP contribution in [0, 0.1) is 0 Å². The first-order valence-corrected chi connectivity index (χ1v) is 13.1. The summed E-state index contributed by atoms with van der Waals surface area (Å²) in [4.78, 5) is 27.3. The Morgan fingerprint density at radius 3 is 2.33 bits per heavy atom. The van der Waals surface area contributed by atoms with Crippen molar-refractivity contribution in [1.29, 1.82) is 0 Å². The number of amides is 2. The molecule has 2 aromatic carbocycles. The summed E-state index contributed by atoms with van der Waals surface area (Å²) in [5, 5.41) is 4.50. The second-order valence-electron chi connectivity index (χ2n) is 7.82. The highest BCUT2D eigenvalue weighted by Gasteiger charge is 2.20. The van der Waals surface area contributed by atoms with Gasteiger partial charge in [0.1, 0.15) is 4.21 Å². The number of carbonyl (C=O) groups is 2. The molecule has 0 bridgehead atoms. The van der Waals surface area contributed by atoms with Crippen molar-refractivity contribution in [2.24, 2.45) is 0 Å². The van der Waals surface area contributed by atoms with Crippen molar-refractivity contribution in [3.63, 3.8) is 0 Å². The Balaban J connectivity index is 1.40. The molecular weight excluding hydrogens is 458 g/mol. The van der Waals surface area contributed by atoms with Crippen molar-refractivity contribution in [1.82, 2.24) is 10.2 Å². The maximum Gasteiger partial charge on any atom is 0.271 e. The SMILES string of the molecule is O=C(NCc1ccc(C(=O)N2CCCCC2)cc1)c1ccccc1NS(=O)(=O)c1cccs1. The molecule has 0 saturated carbocycles. The predicted octanol–water partition coefficient (Wildman–Crippen LogP) is 4.11. The van der Waals surface area contributed by atoms with Crippen LogP contribution in [-0.4, -0.2) is 38.2 Å². The third-order valence-electron chi connectivity index (χ3n) is 5.47. The Labute approximate surface area is 197 Å². The van der Waals surface area contributed by atoms with E-state index in [0.29, 0.717) is 5.56 Å². The zero-order valence-corrected chi connectivity index (χ0v) is 19.6. The molecular formula is C24H25N3O4S2. The smallest absolute Gasteiger partial charge is 0.271 e. The largest absolute Gasteiger partial charge is 0.348 e. The minimum Gasteiger partial charge on any atom is -0.348 e. The van der Waals surface area contributed by atoms with Crippen LogP contribution in [0.5, 0.6) is 0 Å². The second kappa shape index (κ2) is 10.2. The molecule has 172 valence electrons. The van der Waals surface area contributed by atoms with E-state index < -0.39 is 15.9 Å². The average molecular weight is 484 g/mol. The van der Waals surface area contributed by atoms with Gasteiger partial charge in [-0.25, -0.2) is 8.42 Å². The number of carbonyl (C=O) groups excluding carboxylic acids is 2. The molecule has 2 N–H and O–H groups in total. The second-order valence-corrected chi connectivity index (χ2v) is 10.7. The van der Waals surface area contributed by atoms with Gasteiger partial charge in [-0.3, -0.25) is 14.3 Å². The molecule has 1 fully saturated rings. The van der Waals surface area contributed by atoms with Gasteiger partial charge in [-0.05, 0) is 60.5 Å². The van der Waals surface area contributed by atoms with E-state index in [-0.39, 0.29) is 27.9 Å². The quantitative estimate of drug-likeness (QED) is 0.529. The van der Waals surface area contributed by atoms with E-state index >= 15 is 0 Å². The Hall–Kier alpha value is -3.17. The van der Waals surface area contributed by atoms with Gasteiger partial charge in [-0.2, -0.15) is 0 Å². The number of hydrogen-bond acceptors (Lipinski definition) is 5. The fourth-order valence-electron chi connectivity index (χ4n) is 3.70. The topological polar surface area (TPSA) is 95.6 Å². The fourth-order valence-corrected chi connectivity index (χ4v) is 5.78. The first-order valence-electron chi connectivity index (χ1n) is 10.8. The summed E-state index contributed by atoms with van der Waals surface area (Å²) in [5.74, 6) is -0.356. The van der Waals surface area contributed by atoms with Gasteiger partial charge in [0.25, 0.3) is 21.8 Å². The van der Waals surface area contributed by atoms with Crippen molar-refractivity contribution in [3.8, 4) is 0 Å². The van der Waals surface area contributed by atoms with Gasteiger partial charge in [0.05, 0.1) is 11.3 Å². The van der Waals surface area contributed by atoms with Crippen LogP contribution in [0.1, 0.15) is 45.5 Å². The average Bonchev–Trinajstić information content (AvgIpc) is 3.39. The summed E-state index contributed by atoms with van der Waals surface area (Å²) < 4.78 is 27.8. The molecule has 1 aliphatic rings. The molecule has 2 amide bonds. The minimum absolute atomic E-state index is 0.0391. The Morgan fingerprint density at radius 2 is 1.64 bits per heavy atom. The van der Waals surface area contributed by atoms with Crippen LogP contribution in [-0.2, 0) is 16.6 Å². The molecule has 0 aliphatic carbocycles. The van der Waals surface area contributed by atoms with Crippen molar-refractivity contribution in [2.45, 2.75) is 30.0 Å². The molecule has 1 aliphatic heterocycles. The monoisotopic (exact) mass is 483 g/mol. The lowest BCUT2D eigenvalue weighted by molar-refractivity contribution is 0.0724. The predicted molar refractivity (Wildman–Crippen MR) is 129 cm³/mol. The third kappa shape index (κ3) is 5.61. The lowest BCUT2D eigenvalue weighted by Gasteiger charge is -2.26. The molecule has 0 radical (unpaired) electrons. The summed E-state index contributed by atoms with van der Waals surface area (Å²) in [7, 11) is -3.76. The first kappa shape index (κ1) is 23.0. The highest BCUT2D eigenvalue weighted by atomic mass is 32.2. The van der Waals surface area contributed by atoms with Crippen LogP contribution in [0.15, 0.2) is 70.3 Å². The van der Waals surface area contributed by atoms with Gasteiger partial charge < -0.3 is 10.2 Å². The molecule has 1 aromatic heterocycles. The number of benzene rings is 2. The van der Waals surface area contributed by atoms with Gasteiger partial charge in [0.2, 0.25) is 0 Å². The van der Waals surface area contributed by atoms with Crippen molar-refractivity contribution in [2.75, 3.05) is 17.8 Å². The van der Waals surface area contributed by atoms with Crippen molar-refractivity contribution < 1.29 is 18.0 Å². The summed E-state index contributed by atoms with van der Waals surface area (Å²) in [6.45, 7) is 1.85. The van der Waals surface area contributed by atoms with Crippen LogP contribution >= 0.6 is 11.3 Å². The molecule has 2 heterocycles. The van der Waals surface area contributed by atoms with E-state index in [1.165, 1.54) is 12.5 Å². The maximum atomic E-state index is 12.8.